The molecule has 0 saturated heterocycles. The molecule has 0 spiro atoms. The molecule has 0 N–H and O–H groups in total. The van der Waals surface area contributed by atoms with Gasteiger partial charge in [0.05, 0.1) is 4.47 Å². The Kier molecular flexibility index (Phi) is 5.80. The first-order valence-corrected chi connectivity index (χ1v) is 4.52. The predicted molar refractivity (Wildman–Crippen MR) is 41.3 cm³/mol. The van der Waals surface area contributed by atoms with E-state index < -0.39 is 16.9 Å². The van der Waals surface area contributed by atoms with Crippen molar-refractivity contribution in [2.75, 3.05) is 0 Å². The van der Waals surface area contributed by atoms with Gasteiger partial charge in [0.2, 0.25) is 0 Å². The molecule has 0 radical (unpaired) electrons. The maximum atomic E-state index is 12.5. The molecule has 6 heteroatoms. The first-order valence-electron chi connectivity index (χ1n) is 2.65. The SMILES string of the molecule is O=S([O-])c1ccc(F)c(Br)c1.[Na+]. The van der Waals surface area contributed by atoms with Gasteiger partial charge in [-0.05, 0) is 45.2 Å². The fraction of sp³-hybridized carbons (Fsp3) is 0. The Labute approximate surface area is 102 Å². The summed E-state index contributed by atoms with van der Waals surface area (Å²) in [6.07, 6.45) is 0. The van der Waals surface area contributed by atoms with E-state index >= 15 is 0 Å². The largest absolute Gasteiger partial charge is 1.00 e. The molecule has 1 aromatic carbocycles. The van der Waals surface area contributed by atoms with E-state index in [1.165, 1.54) is 12.1 Å². The first-order chi connectivity index (χ1) is 5.11. The van der Waals surface area contributed by atoms with Crippen molar-refractivity contribution in [3.63, 3.8) is 0 Å². The van der Waals surface area contributed by atoms with Gasteiger partial charge in [-0.3, -0.25) is 4.21 Å². The average molecular weight is 261 g/mol. The van der Waals surface area contributed by atoms with E-state index in [2.05, 4.69) is 15.9 Å². The van der Waals surface area contributed by atoms with Gasteiger partial charge in [-0.25, -0.2) is 4.39 Å². The van der Waals surface area contributed by atoms with Crippen molar-refractivity contribution in [2.24, 2.45) is 0 Å². The zero-order valence-corrected chi connectivity index (χ0v) is 10.6. The fourth-order valence-corrected chi connectivity index (χ4v) is 1.50. The van der Waals surface area contributed by atoms with Crippen LogP contribution in [-0.2, 0) is 11.1 Å². The van der Waals surface area contributed by atoms with Gasteiger partial charge in [0.25, 0.3) is 0 Å². The summed E-state index contributed by atoms with van der Waals surface area (Å²) in [4.78, 5) is 0.0678. The number of halogens is 2. The van der Waals surface area contributed by atoms with Crippen LogP contribution in [0.15, 0.2) is 27.6 Å². The quantitative estimate of drug-likeness (QED) is 0.472. The molecule has 12 heavy (non-hydrogen) atoms. The molecule has 1 aromatic rings. The number of rotatable bonds is 1. The Hall–Kier alpha value is 0.740. The number of hydrogen-bond donors (Lipinski definition) is 0. The summed E-state index contributed by atoms with van der Waals surface area (Å²) in [5.74, 6) is -0.473. The van der Waals surface area contributed by atoms with Gasteiger partial charge in [-0.1, -0.05) is 0 Å². The average Bonchev–Trinajstić information content (AvgIpc) is 1.94. The molecule has 0 aliphatic carbocycles. The van der Waals surface area contributed by atoms with Crippen LogP contribution in [-0.4, -0.2) is 8.76 Å². The molecule has 0 saturated carbocycles. The Morgan fingerprint density at radius 2 is 2.08 bits per heavy atom. The standard InChI is InChI=1S/C6H4BrFO2S.Na/c7-5-3-4(11(9)10)1-2-6(5)8;/h1-3H,(H,9,10);/q;+1/p-1. The second-order valence-electron chi connectivity index (χ2n) is 1.81. The van der Waals surface area contributed by atoms with Gasteiger partial charge in [0.15, 0.2) is 0 Å². The zero-order valence-electron chi connectivity index (χ0n) is 6.21. The second kappa shape index (κ2) is 5.47. The zero-order chi connectivity index (χ0) is 8.43. The molecule has 0 heterocycles. The van der Waals surface area contributed by atoms with Crippen molar-refractivity contribution >= 4 is 27.0 Å². The molecule has 2 nitrogen and oxygen atoms in total. The van der Waals surface area contributed by atoms with Crippen molar-refractivity contribution in [3.05, 3.63) is 28.5 Å². The van der Waals surface area contributed by atoms with Gasteiger partial charge in [0, 0.05) is 4.90 Å². The molecule has 60 valence electrons. The maximum absolute atomic E-state index is 12.5. The minimum Gasteiger partial charge on any atom is -0.768 e. The molecule has 0 aromatic heterocycles. The van der Waals surface area contributed by atoms with E-state index in [-0.39, 0.29) is 38.9 Å². The summed E-state index contributed by atoms with van der Waals surface area (Å²) in [6.45, 7) is 0. The van der Waals surface area contributed by atoms with Crippen molar-refractivity contribution < 1.29 is 42.7 Å². The summed E-state index contributed by atoms with van der Waals surface area (Å²) >= 11 is 0.572. The summed E-state index contributed by atoms with van der Waals surface area (Å²) in [6, 6.07) is 3.50. The van der Waals surface area contributed by atoms with Crippen LogP contribution in [0.3, 0.4) is 0 Å². The van der Waals surface area contributed by atoms with Crippen LogP contribution in [0, 0.1) is 5.82 Å². The van der Waals surface area contributed by atoms with Gasteiger partial charge >= 0.3 is 29.6 Å². The normalized spacial score (nSPS) is 11.9. The van der Waals surface area contributed by atoms with E-state index in [1.54, 1.807) is 0 Å². The fourth-order valence-electron chi connectivity index (χ4n) is 0.581. The second-order valence-corrected chi connectivity index (χ2v) is 3.61. The summed E-state index contributed by atoms with van der Waals surface area (Å²) < 4.78 is 33.3. The summed E-state index contributed by atoms with van der Waals surface area (Å²) in [5, 5.41) is 0. The molecule has 0 amide bonds. The van der Waals surface area contributed by atoms with Crippen LogP contribution >= 0.6 is 15.9 Å². The Balaban J connectivity index is 0.00000121. The number of hydrogen-bond acceptors (Lipinski definition) is 2. The van der Waals surface area contributed by atoms with E-state index in [0.29, 0.717) is 0 Å². The van der Waals surface area contributed by atoms with Gasteiger partial charge in [0.1, 0.15) is 5.82 Å². The van der Waals surface area contributed by atoms with Crippen LogP contribution in [0.2, 0.25) is 0 Å². The van der Waals surface area contributed by atoms with Crippen molar-refractivity contribution in [3.8, 4) is 0 Å². The monoisotopic (exact) mass is 260 g/mol. The predicted octanol–water partition coefficient (Wildman–Crippen LogP) is -1.17. The van der Waals surface area contributed by atoms with Crippen molar-refractivity contribution in [1.82, 2.24) is 0 Å². The summed E-state index contributed by atoms with van der Waals surface area (Å²) in [5.41, 5.74) is 0. The first kappa shape index (κ1) is 12.7. The third-order valence-corrected chi connectivity index (χ3v) is 2.33. The molecule has 0 bridgehead atoms. The Morgan fingerprint density at radius 1 is 1.50 bits per heavy atom. The van der Waals surface area contributed by atoms with Crippen molar-refractivity contribution in [1.29, 1.82) is 0 Å². The van der Waals surface area contributed by atoms with Crippen molar-refractivity contribution in [2.45, 2.75) is 4.90 Å². The molecule has 1 atom stereocenters. The third kappa shape index (κ3) is 3.24. The van der Waals surface area contributed by atoms with E-state index in [4.69, 9.17) is 0 Å². The van der Waals surface area contributed by atoms with E-state index in [1.807, 2.05) is 0 Å². The van der Waals surface area contributed by atoms with Crippen LogP contribution in [0.5, 0.6) is 0 Å². The minimum atomic E-state index is -2.29. The molecule has 0 fully saturated rings. The molecule has 0 aliphatic rings. The molecule has 0 aliphatic heterocycles. The maximum Gasteiger partial charge on any atom is 1.00 e. The van der Waals surface area contributed by atoms with Crippen LogP contribution in [0.1, 0.15) is 0 Å². The minimum absolute atomic E-state index is 0. The molecule has 1 rings (SSSR count). The van der Waals surface area contributed by atoms with Crippen LogP contribution in [0.25, 0.3) is 0 Å². The van der Waals surface area contributed by atoms with Gasteiger partial charge < -0.3 is 4.55 Å². The molecule has 1 unspecified atom stereocenters. The van der Waals surface area contributed by atoms with E-state index in [9.17, 15) is 13.2 Å². The molecular weight excluding hydrogens is 258 g/mol. The topological polar surface area (TPSA) is 40.1 Å². The summed E-state index contributed by atoms with van der Waals surface area (Å²) in [7, 11) is 0. The van der Waals surface area contributed by atoms with Crippen LogP contribution in [0.4, 0.5) is 4.39 Å². The molecular formula is C6H3BrFNaO2S. The van der Waals surface area contributed by atoms with Crippen LogP contribution < -0.4 is 29.6 Å². The number of benzene rings is 1. The third-order valence-electron chi connectivity index (χ3n) is 1.08. The van der Waals surface area contributed by atoms with Gasteiger partial charge in [-0.15, -0.1) is 0 Å². The van der Waals surface area contributed by atoms with E-state index in [0.717, 1.165) is 6.07 Å². The Bertz CT molecular complexity index is 308. The Morgan fingerprint density at radius 3 is 2.50 bits per heavy atom. The smallest absolute Gasteiger partial charge is 0.768 e. The van der Waals surface area contributed by atoms with Gasteiger partial charge in [-0.2, -0.15) is 0 Å².